The largest absolute Gasteiger partial charge is 0.464 e. The van der Waals surface area contributed by atoms with Gasteiger partial charge >= 0.3 is 11.7 Å². The zero-order valence-corrected chi connectivity index (χ0v) is 12.0. The first-order valence-corrected chi connectivity index (χ1v) is 6.81. The number of para-hydroxylation sites is 2. The van der Waals surface area contributed by atoms with Crippen LogP contribution in [0.2, 0.25) is 0 Å². The zero-order chi connectivity index (χ0) is 14.7. The lowest BCUT2D eigenvalue weighted by Gasteiger charge is -2.16. The summed E-state index contributed by atoms with van der Waals surface area (Å²) in [7, 11) is 0. The van der Waals surface area contributed by atoms with E-state index in [0.717, 1.165) is 0 Å². The maximum Gasteiger partial charge on any atom is 0.420 e. The highest BCUT2D eigenvalue weighted by molar-refractivity contribution is 5.79. The van der Waals surface area contributed by atoms with Crippen LogP contribution in [0.25, 0.3) is 11.1 Å². The van der Waals surface area contributed by atoms with Crippen LogP contribution >= 0.6 is 0 Å². The van der Waals surface area contributed by atoms with Gasteiger partial charge < -0.3 is 9.15 Å². The van der Waals surface area contributed by atoms with Gasteiger partial charge in [0.05, 0.1) is 12.1 Å². The summed E-state index contributed by atoms with van der Waals surface area (Å²) in [6.45, 7) is 6.12. The van der Waals surface area contributed by atoms with Crippen molar-refractivity contribution in [2.24, 2.45) is 5.92 Å². The lowest BCUT2D eigenvalue weighted by atomic mass is 10.2. The predicted molar refractivity (Wildman–Crippen MR) is 75.6 cm³/mol. The van der Waals surface area contributed by atoms with Crippen LogP contribution in [0.1, 0.15) is 33.2 Å². The molecule has 108 valence electrons. The van der Waals surface area contributed by atoms with Crippen molar-refractivity contribution >= 4 is 17.1 Å². The van der Waals surface area contributed by atoms with Gasteiger partial charge in [0, 0.05) is 0 Å². The Hall–Kier alpha value is -2.04. The molecule has 1 aromatic heterocycles. The van der Waals surface area contributed by atoms with E-state index < -0.39 is 17.8 Å². The summed E-state index contributed by atoms with van der Waals surface area (Å²) in [4.78, 5) is 24.1. The lowest BCUT2D eigenvalue weighted by molar-refractivity contribution is -0.148. The average molecular weight is 277 g/mol. The fourth-order valence-electron chi connectivity index (χ4n) is 2.08. The molecule has 1 atom stereocenters. The third kappa shape index (κ3) is 2.76. The molecular weight excluding hydrogens is 258 g/mol. The van der Waals surface area contributed by atoms with Crippen molar-refractivity contribution in [1.29, 1.82) is 0 Å². The van der Waals surface area contributed by atoms with Crippen molar-refractivity contribution in [1.82, 2.24) is 4.57 Å². The number of rotatable bonds is 5. The van der Waals surface area contributed by atoms with Crippen molar-refractivity contribution in [3.8, 4) is 0 Å². The molecule has 20 heavy (non-hydrogen) atoms. The molecule has 0 aliphatic carbocycles. The molecule has 0 fully saturated rings. The SMILES string of the molecule is CCC(C(=O)OCC(C)C)n1c(=O)oc2ccccc21. The van der Waals surface area contributed by atoms with Crippen LogP contribution in [0, 0.1) is 5.92 Å². The number of carbonyl (C=O) groups is 1. The van der Waals surface area contributed by atoms with Crippen LogP contribution in [0.3, 0.4) is 0 Å². The first-order valence-electron chi connectivity index (χ1n) is 6.81. The number of hydrogen-bond acceptors (Lipinski definition) is 4. The Morgan fingerprint density at radius 2 is 2.05 bits per heavy atom. The molecule has 1 aromatic carbocycles. The number of oxazole rings is 1. The van der Waals surface area contributed by atoms with Crippen LogP contribution < -0.4 is 5.76 Å². The van der Waals surface area contributed by atoms with E-state index in [1.54, 1.807) is 24.3 Å². The third-order valence-electron chi connectivity index (χ3n) is 3.05. The topological polar surface area (TPSA) is 61.4 Å². The van der Waals surface area contributed by atoms with Gasteiger partial charge in [0.25, 0.3) is 0 Å². The summed E-state index contributed by atoms with van der Waals surface area (Å²) in [6.07, 6.45) is 0.473. The molecule has 0 amide bonds. The molecule has 2 rings (SSSR count). The van der Waals surface area contributed by atoms with Crippen LogP contribution in [0.5, 0.6) is 0 Å². The van der Waals surface area contributed by atoms with E-state index in [1.807, 2.05) is 20.8 Å². The van der Waals surface area contributed by atoms with Gasteiger partial charge in [-0.3, -0.25) is 4.57 Å². The number of aromatic nitrogens is 1. The molecule has 0 bridgehead atoms. The van der Waals surface area contributed by atoms with Gasteiger partial charge in [0.1, 0.15) is 6.04 Å². The number of fused-ring (bicyclic) bond motifs is 1. The second kappa shape index (κ2) is 5.94. The molecule has 1 unspecified atom stereocenters. The molecule has 0 N–H and O–H groups in total. The second-order valence-electron chi connectivity index (χ2n) is 5.15. The lowest BCUT2D eigenvalue weighted by Crippen LogP contribution is -2.28. The molecule has 5 heteroatoms. The summed E-state index contributed by atoms with van der Waals surface area (Å²) in [5.41, 5.74) is 1.10. The normalized spacial score (nSPS) is 12.8. The summed E-state index contributed by atoms with van der Waals surface area (Å²) >= 11 is 0. The summed E-state index contributed by atoms with van der Waals surface area (Å²) in [5.74, 6) is -0.663. The Balaban J connectivity index is 2.37. The molecule has 5 nitrogen and oxygen atoms in total. The highest BCUT2D eigenvalue weighted by atomic mass is 16.5. The van der Waals surface area contributed by atoms with E-state index in [1.165, 1.54) is 4.57 Å². The van der Waals surface area contributed by atoms with E-state index in [4.69, 9.17) is 9.15 Å². The molecule has 2 aromatic rings. The number of carbonyl (C=O) groups excluding carboxylic acids is 1. The average Bonchev–Trinajstić information content (AvgIpc) is 2.74. The summed E-state index contributed by atoms with van der Waals surface area (Å²) in [5, 5.41) is 0. The Kier molecular flexibility index (Phi) is 4.27. The minimum Gasteiger partial charge on any atom is -0.464 e. The number of hydrogen-bond donors (Lipinski definition) is 0. The smallest absolute Gasteiger partial charge is 0.420 e. The van der Waals surface area contributed by atoms with E-state index in [9.17, 15) is 9.59 Å². The van der Waals surface area contributed by atoms with Gasteiger partial charge in [-0.05, 0) is 24.5 Å². The minimum atomic E-state index is -0.648. The Bertz CT molecular complexity index is 653. The number of benzene rings is 1. The van der Waals surface area contributed by atoms with Gasteiger partial charge in [-0.15, -0.1) is 0 Å². The van der Waals surface area contributed by atoms with E-state index in [2.05, 4.69) is 0 Å². The van der Waals surface area contributed by atoms with Crippen molar-refractivity contribution < 1.29 is 13.9 Å². The van der Waals surface area contributed by atoms with Crippen molar-refractivity contribution in [2.45, 2.75) is 33.2 Å². The van der Waals surface area contributed by atoms with Crippen molar-refractivity contribution in [2.75, 3.05) is 6.61 Å². The van der Waals surface area contributed by atoms with Crippen LogP contribution in [-0.4, -0.2) is 17.1 Å². The quantitative estimate of drug-likeness (QED) is 0.788. The third-order valence-corrected chi connectivity index (χ3v) is 3.05. The van der Waals surface area contributed by atoms with Gasteiger partial charge in [0.15, 0.2) is 5.58 Å². The Morgan fingerprint density at radius 1 is 1.35 bits per heavy atom. The maximum atomic E-state index is 12.1. The predicted octanol–water partition coefficient (Wildman–Crippen LogP) is 2.74. The van der Waals surface area contributed by atoms with Crippen LogP contribution in [0.4, 0.5) is 0 Å². The number of ether oxygens (including phenoxy) is 1. The fourth-order valence-corrected chi connectivity index (χ4v) is 2.08. The first kappa shape index (κ1) is 14.4. The van der Waals surface area contributed by atoms with Crippen LogP contribution in [-0.2, 0) is 9.53 Å². The molecule has 0 radical (unpaired) electrons. The highest BCUT2D eigenvalue weighted by Crippen LogP contribution is 2.20. The Morgan fingerprint density at radius 3 is 2.70 bits per heavy atom. The van der Waals surface area contributed by atoms with Gasteiger partial charge in [-0.2, -0.15) is 0 Å². The van der Waals surface area contributed by atoms with Crippen LogP contribution in [0.15, 0.2) is 33.5 Å². The molecule has 0 aliphatic heterocycles. The summed E-state index contributed by atoms with van der Waals surface area (Å²) in [6, 6.07) is 6.41. The molecule has 0 saturated heterocycles. The number of esters is 1. The second-order valence-corrected chi connectivity index (χ2v) is 5.15. The van der Waals surface area contributed by atoms with Gasteiger partial charge in [-0.25, -0.2) is 9.59 Å². The van der Waals surface area contributed by atoms with E-state index in [0.29, 0.717) is 24.1 Å². The van der Waals surface area contributed by atoms with E-state index >= 15 is 0 Å². The van der Waals surface area contributed by atoms with Gasteiger partial charge in [-0.1, -0.05) is 32.9 Å². The Labute approximate surface area is 117 Å². The molecule has 0 spiro atoms. The molecule has 0 saturated carbocycles. The standard InChI is InChI=1S/C15H19NO4/c1-4-11(14(17)19-9-10(2)3)16-12-7-5-6-8-13(12)20-15(16)18/h5-8,10-11H,4,9H2,1-3H3. The summed E-state index contributed by atoms with van der Waals surface area (Å²) < 4.78 is 11.8. The zero-order valence-electron chi connectivity index (χ0n) is 12.0. The minimum absolute atomic E-state index is 0.259. The highest BCUT2D eigenvalue weighted by Gasteiger charge is 2.25. The first-order chi connectivity index (χ1) is 9.54. The molecular formula is C15H19NO4. The monoisotopic (exact) mass is 277 g/mol. The fraction of sp³-hybridized carbons (Fsp3) is 0.467. The van der Waals surface area contributed by atoms with E-state index in [-0.39, 0.29) is 5.92 Å². The van der Waals surface area contributed by atoms with Gasteiger partial charge in [0.2, 0.25) is 0 Å². The molecule has 1 heterocycles. The number of nitrogens with zero attached hydrogens (tertiary/aromatic N) is 1. The van der Waals surface area contributed by atoms with Crippen molar-refractivity contribution in [3.05, 3.63) is 34.8 Å². The van der Waals surface area contributed by atoms with Crippen molar-refractivity contribution in [3.63, 3.8) is 0 Å². The molecule has 0 aliphatic rings. The maximum absolute atomic E-state index is 12.1.